The van der Waals surface area contributed by atoms with Crippen LogP contribution >= 0.6 is 0 Å². The molecule has 0 saturated carbocycles. The molecule has 0 fully saturated rings. The molecular formula is C12H17NO2. The summed E-state index contributed by atoms with van der Waals surface area (Å²) >= 11 is 0. The van der Waals surface area contributed by atoms with Crippen molar-refractivity contribution < 1.29 is 9.90 Å². The zero-order valence-corrected chi connectivity index (χ0v) is 9.37. The lowest BCUT2D eigenvalue weighted by Crippen LogP contribution is -2.13. The molecule has 0 aromatic heterocycles. The molecule has 3 heteroatoms. The lowest BCUT2D eigenvalue weighted by Gasteiger charge is -2.08. The molecule has 0 aliphatic heterocycles. The monoisotopic (exact) mass is 207 g/mol. The van der Waals surface area contributed by atoms with E-state index in [0.717, 1.165) is 11.3 Å². The van der Waals surface area contributed by atoms with E-state index in [0.29, 0.717) is 12.3 Å². The summed E-state index contributed by atoms with van der Waals surface area (Å²) in [5.41, 5.74) is 1.49. The topological polar surface area (TPSA) is 49.3 Å². The first-order valence-electron chi connectivity index (χ1n) is 5.08. The average Bonchev–Trinajstić information content (AvgIpc) is 2.10. The van der Waals surface area contributed by atoms with Crippen LogP contribution in [0.2, 0.25) is 0 Å². The minimum Gasteiger partial charge on any atom is -0.508 e. The molecule has 3 nitrogen and oxygen atoms in total. The van der Waals surface area contributed by atoms with Gasteiger partial charge < -0.3 is 10.4 Å². The van der Waals surface area contributed by atoms with Crippen molar-refractivity contribution in [2.75, 3.05) is 5.32 Å². The van der Waals surface area contributed by atoms with Crippen molar-refractivity contribution in [3.63, 3.8) is 0 Å². The second kappa shape index (κ2) is 4.82. The van der Waals surface area contributed by atoms with E-state index in [4.69, 9.17) is 0 Å². The summed E-state index contributed by atoms with van der Waals surface area (Å²) < 4.78 is 0. The molecular weight excluding hydrogens is 190 g/mol. The van der Waals surface area contributed by atoms with E-state index in [2.05, 4.69) is 5.32 Å². The Morgan fingerprint density at radius 3 is 2.67 bits per heavy atom. The van der Waals surface area contributed by atoms with Crippen molar-refractivity contribution >= 4 is 11.6 Å². The second-order valence-electron chi connectivity index (χ2n) is 4.15. The Morgan fingerprint density at radius 2 is 2.13 bits per heavy atom. The van der Waals surface area contributed by atoms with E-state index in [-0.39, 0.29) is 11.7 Å². The molecule has 0 spiro atoms. The highest BCUT2D eigenvalue weighted by molar-refractivity contribution is 5.90. The minimum atomic E-state index is 0.00934. The predicted molar refractivity (Wildman–Crippen MR) is 60.9 cm³/mol. The first kappa shape index (κ1) is 11.6. The highest BCUT2D eigenvalue weighted by Gasteiger charge is 2.05. The first-order valence-corrected chi connectivity index (χ1v) is 5.08. The highest BCUT2D eigenvalue weighted by atomic mass is 16.3. The number of hydrogen-bond donors (Lipinski definition) is 2. The van der Waals surface area contributed by atoms with Crippen LogP contribution in [0.3, 0.4) is 0 Å². The zero-order valence-electron chi connectivity index (χ0n) is 9.37. The number of anilines is 1. The van der Waals surface area contributed by atoms with Gasteiger partial charge in [0.05, 0.1) is 0 Å². The maximum Gasteiger partial charge on any atom is 0.224 e. The van der Waals surface area contributed by atoms with Gasteiger partial charge in [0.25, 0.3) is 0 Å². The number of hydrogen-bond acceptors (Lipinski definition) is 2. The Morgan fingerprint density at radius 1 is 1.47 bits per heavy atom. The summed E-state index contributed by atoms with van der Waals surface area (Å²) in [6.07, 6.45) is 0.514. The smallest absolute Gasteiger partial charge is 0.224 e. The Labute approximate surface area is 90.1 Å². The summed E-state index contributed by atoms with van der Waals surface area (Å²) in [5, 5.41) is 12.1. The third kappa shape index (κ3) is 3.62. The van der Waals surface area contributed by atoms with Crippen LogP contribution in [0.15, 0.2) is 18.2 Å². The van der Waals surface area contributed by atoms with Gasteiger partial charge in [0.2, 0.25) is 5.91 Å². The molecule has 1 aromatic carbocycles. The number of aryl methyl sites for hydroxylation is 1. The molecule has 0 unspecified atom stereocenters. The number of benzene rings is 1. The van der Waals surface area contributed by atoms with Crippen molar-refractivity contribution in [3.05, 3.63) is 23.8 Å². The molecule has 1 rings (SSSR count). The summed E-state index contributed by atoms with van der Waals surface area (Å²) in [5.74, 6) is 0.607. The molecule has 0 atom stereocenters. The van der Waals surface area contributed by atoms with Crippen LogP contribution in [0.25, 0.3) is 0 Å². The predicted octanol–water partition coefficient (Wildman–Crippen LogP) is 2.69. The fourth-order valence-electron chi connectivity index (χ4n) is 1.32. The van der Waals surface area contributed by atoms with Crippen LogP contribution in [0.1, 0.15) is 25.8 Å². The summed E-state index contributed by atoms with van der Waals surface area (Å²) in [4.78, 5) is 11.4. The largest absolute Gasteiger partial charge is 0.508 e. The number of amides is 1. The SMILES string of the molecule is Cc1cc(NC(=O)CC(C)C)ccc1O. The van der Waals surface area contributed by atoms with E-state index in [9.17, 15) is 9.90 Å². The number of rotatable bonds is 3. The van der Waals surface area contributed by atoms with Crippen molar-refractivity contribution in [1.29, 1.82) is 0 Å². The highest BCUT2D eigenvalue weighted by Crippen LogP contribution is 2.20. The maximum atomic E-state index is 11.4. The first-order chi connectivity index (χ1) is 6.99. The van der Waals surface area contributed by atoms with Crippen molar-refractivity contribution in [3.8, 4) is 5.75 Å². The van der Waals surface area contributed by atoms with Gasteiger partial charge in [-0.1, -0.05) is 13.8 Å². The van der Waals surface area contributed by atoms with Crippen molar-refractivity contribution in [1.82, 2.24) is 0 Å². The van der Waals surface area contributed by atoms with E-state index >= 15 is 0 Å². The zero-order chi connectivity index (χ0) is 11.4. The average molecular weight is 207 g/mol. The lowest BCUT2D eigenvalue weighted by atomic mass is 10.1. The van der Waals surface area contributed by atoms with Crippen LogP contribution < -0.4 is 5.32 Å². The molecule has 1 aromatic rings. The number of carbonyl (C=O) groups is 1. The molecule has 0 aliphatic rings. The van der Waals surface area contributed by atoms with Gasteiger partial charge >= 0.3 is 0 Å². The minimum absolute atomic E-state index is 0.00934. The van der Waals surface area contributed by atoms with Gasteiger partial charge in [-0.15, -0.1) is 0 Å². The molecule has 0 bridgehead atoms. The fraction of sp³-hybridized carbons (Fsp3) is 0.417. The van der Waals surface area contributed by atoms with Crippen LogP contribution in [-0.2, 0) is 4.79 Å². The van der Waals surface area contributed by atoms with E-state index < -0.39 is 0 Å². The molecule has 1 amide bonds. The number of carbonyl (C=O) groups excluding carboxylic acids is 1. The molecule has 15 heavy (non-hydrogen) atoms. The Balaban J connectivity index is 2.65. The van der Waals surface area contributed by atoms with Crippen LogP contribution in [0, 0.1) is 12.8 Å². The van der Waals surface area contributed by atoms with Gasteiger partial charge in [0.1, 0.15) is 5.75 Å². The van der Waals surface area contributed by atoms with Gasteiger partial charge in [0.15, 0.2) is 0 Å². The third-order valence-corrected chi connectivity index (χ3v) is 2.07. The normalized spacial score (nSPS) is 10.4. The quantitative estimate of drug-likeness (QED) is 0.749. The molecule has 0 heterocycles. The van der Waals surface area contributed by atoms with Gasteiger partial charge in [-0.2, -0.15) is 0 Å². The van der Waals surface area contributed by atoms with E-state index in [1.165, 1.54) is 0 Å². The third-order valence-electron chi connectivity index (χ3n) is 2.07. The molecule has 0 aliphatic carbocycles. The molecule has 0 saturated heterocycles. The van der Waals surface area contributed by atoms with E-state index in [1.54, 1.807) is 25.1 Å². The summed E-state index contributed by atoms with van der Waals surface area (Å²) in [7, 11) is 0. The Bertz CT molecular complexity index is 359. The van der Waals surface area contributed by atoms with Gasteiger partial charge in [-0.25, -0.2) is 0 Å². The van der Waals surface area contributed by atoms with Crippen molar-refractivity contribution in [2.45, 2.75) is 27.2 Å². The van der Waals surface area contributed by atoms with E-state index in [1.807, 2.05) is 13.8 Å². The van der Waals surface area contributed by atoms with Gasteiger partial charge in [-0.3, -0.25) is 4.79 Å². The number of aromatic hydroxyl groups is 1. The molecule has 2 N–H and O–H groups in total. The Hall–Kier alpha value is -1.51. The van der Waals surface area contributed by atoms with Crippen LogP contribution in [0.5, 0.6) is 5.75 Å². The Kier molecular flexibility index (Phi) is 3.72. The number of phenolic OH excluding ortho intramolecular Hbond substituents is 1. The van der Waals surface area contributed by atoms with Crippen LogP contribution in [0.4, 0.5) is 5.69 Å². The molecule has 0 radical (unpaired) electrons. The second-order valence-corrected chi connectivity index (χ2v) is 4.15. The van der Waals surface area contributed by atoms with Crippen molar-refractivity contribution in [2.24, 2.45) is 5.92 Å². The molecule has 82 valence electrons. The number of phenols is 1. The van der Waals surface area contributed by atoms with Gasteiger partial charge in [-0.05, 0) is 36.6 Å². The summed E-state index contributed by atoms with van der Waals surface area (Å²) in [6.45, 7) is 5.80. The fourth-order valence-corrected chi connectivity index (χ4v) is 1.32. The van der Waals surface area contributed by atoms with Gasteiger partial charge in [0, 0.05) is 12.1 Å². The van der Waals surface area contributed by atoms with Crippen LogP contribution in [-0.4, -0.2) is 11.0 Å². The standard InChI is InChI=1S/C12H17NO2/c1-8(2)6-12(15)13-10-4-5-11(14)9(3)7-10/h4-5,7-8,14H,6H2,1-3H3,(H,13,15). The lowest BCUT2D eigenvalue weighted by molar-refractivity contribution is -0.116. The maximum absolute atomic E-state index is 11.4. The summed E-state index contributed by atoms with van der Waals surface area (Å²) in [6, 6.07) is 5.04. The number of nitrogens with one attached hydrogen (secondary N) is 1.